The van der Waals surface area contributed by atoms with Crippen molar-refractivity contribution in [2.45, 2.75) is 25.7 Å². The highest BCUT2D eigenvalue weighted by atomic mass is 79.9. The Morgan fingerprint density at radius 2 is 2.12 bits per heavy atom. The monoisotopic (exact) mass is 302 g/mol. The number of rotatable bonds is 7. The number of unbranched alkanes of at least 4 members (excludes halogenated alkanes) is 2. The molecular weight excluding hydrogens is 287 g/mol. The highest BCUT2D eigenvalue weighted by Gasteiger charge is 1.99. The first-order valence-electron chi connectivity index (χ1n) is 5.57. The first-order valence-corrected chi connectivity index (χ1v) is 6.36. The van der Waals surface area contributed by atoms with E-state index >= 15 is 0 Å². The molecule has 3 N–H and O–H groups in total. The zero-order chi connectivity index (χ0) is 12.7. The van der Waals surface area contributed by atoms with Crippen LogP contribution in [0.3, 0.4) is 0 Å². The molecule has 0 unspecified atom stereocenters. The third kappa shape index (κ3) is 5.68. The van der Waals surface area contributed by atoms with Gasteiger partial charge >= 0.3 is 0 Å². The Kier molecular flexibility index (Phi) is 5.97. The minimum absolute atomic E-state index is 0.250. The van der Waals surface area contributed by atoms with Gasteiger partial charge in [0.05, 0.1) is 4.47 Å². The molecule has 5 heteroatoms. The van der Waals surface area contributed by atoms with Gasteiger partial charge in [0.15, 0.2) is 0 Å². The molecular formula is C12H16BrFN2O. The molecule has 94 valence electrons. The molecule has 17 heavy (non-hydrogen) atoms. The second-order valence-electron chi connectivity index (χ2n) is 3.83. The van der Waals surface area contributed by atoms with Gasteiger partial charge in [-0.05, 0) is 47.0 Å². The van der Waals surface area contributed by atoms with Crippen molar-refractivity contribution >= 4 is 27.5 Å². The van der Waals surface area contributed by atoms with Crippen molar-refractivity contribution in [1.82, 2.24) is 0 Å². The Labute approximate surface area is 109 Å². The molecule has 0 spiro atoms. The summed E-state index contributed by atoms with van der Waals surface area (Å²) in [5.41, 5.74) is 5.92. The van der Waals surface area contributed by atoms with Crippen molar-refractivity contribution in [2.24, 2.45) is 5.73 Å². The van der Waals surface area contributed by atoms with Gasteiger partial charge in [0.1, 0.15) is 5.82 Å². The maximum atomic E-state index is 12.9. The average Bonchev–Trinajstić information content (AvgIpc) is 2.27. The minimum Gasteiger partial charge on any atom is -0.385 e. The summed E-state index contributed by atoms with van der Waals surface area (Å²) in [5, 5.41) is 3.19. The molecule has 1 aromatic carbocycles. The molecule has 0 bridgehead atoms. The fraction of sp³-hybridized carbons (Fsp3) is 0.417. The van der Waals surface area contributed by atoms with Gasteiger partial charge in [-0.2, -0.15) is 0 Å². The quantitative estimate of drug-likeness (QED) is 0.761. The summed E-state index contributed by atoms with van der Waals surface area (Å²) in [5.74, 6) is -0.516. The summed E-state index contributed by atoms with van der Waals surface area (Å²) in [7, 11) is 0. The summed E-state index contributed by atoms with van der Waals surface area (Å²) in [6, 6.07) is 4.82. The van der Waals surface area contributed by atoms with Crippen molar-refractivity contribution in [2.75, 3.05) is 11.9 Å². The number of nitrogens with two attached hydrogens (primary N) is 1. The third-order valence-electron chi connectivity index (χ3n) is 2.35. The summed E-state index contributed by atoms with van der Waals surface area (Å²) in [4.78, 5) is 10.5. The average molecular weight is 303 g/mol. The first-order chi connectivity index (χ1) is 8.09. The molecule has 1 rings (SSSR count). The molecule has 0 aliphatic heterocycles. The van der Waals surface area contributed by atoms with Crippen LogP contribution in [0, 0.1) is 5.82 Å². The van der Waals surface area contributed by atoms with Crippen molar-refractivity contribution in [3.8, 4) is 0 Å². The van der Waals surface area contributed by atoms with E-state index in [1.807, 2.05) is 0 Å². The molecule has 0 fully saturated rings. The number of carbonyl (C=O) groups is 1. The summed E-state index contributed by atoms with van der Waals surface area (Å²) < 4.78 is 13.4. The van der Waals surface area contributed by atoms with Crippen LogP contribution >= 0.6 is 15.9 Å². The van der Waals surface area contributed by atoms with Gasteiger partial charge in [-0.15, -0.1) is 0 Å². The number of anilines is 1. The molecule has 0 aliphatic rings. The number of benzene rings is 1. The summed E-state index contributed by atoms with van der Waals surface area (Å²) >= 11 is 3.13. The molecule has 1 aromatic rings. The maximum absolute atomic E-state index is 12.9. The van der Waals surface area contributed by atoms with Crippen LogP contribution in [0.15, 0.2) is 22.7 Å². The molecule has 0 aliphatic carbocycles. The summed E-state index contributed by atoms with van der Waals surface area (Å²) in [6.45, 7) is 0.802. The second-order valence-corrected chi connectivity index (χ2v) is 4.69. The summed E-state index contributed by atoms with van der Waals surface area (Å²) in [6.07, 6.45) is 3.19. The van der Waals surface area contributed by atoms with Crippen molar-refractivity contribution in [3.63, 3.8) is 0 Å². The van der Waals surface area contributed by atoms with Gasteiger partial charge in [-0.25, -0.2) is 4.39 Å². The van der Waals surface area contributed by atoms with Crippen LogP contribution in [0.4, 0.5) is 10.1 Å². The lowest BCUT2D eigenvalue weighted by atomic mass is 10.2. The van der Waals surface area contributed by atoms with Crippen molar-refractivity contribution in [3.05, 3.63) is 28.5 Å². The second kappa shape index (κ2) is 7.27. The van der Waals surface area contributed by atoms with Crippen molar-refractivity contribution < 1.29 is 9.18 Å². The lowest BCUT2D eigenvalue weighted by Crippen LogP contribution is -2.10. The van der Waals surface area contributed by atoms with Gasteiger partial charge in [-0.3, -0.25) is 4.79 Å². The van der Waals surface area contributed by atoms with Gasteiger partial charge in [0.2, 0.25) is 5.91 Å². The Bertz CT molecular complexity index is 385. The normalized spacial score (nSPS) is 10.2. The van der Waals surface area contributed by atoms with Gasteiger partial charge in [0, 0.05) is 18.7 Å². The molecule has 0 atom stereocenters. The highest BCUT2D eigenvalue weighted by Crippen LogP contribution is 2.19. The number of primary amides is 1. The number of nitrogens with one attached hydrogen (secondary N) is 1. The van der Waals surface area contributed by atoms with Crippen LogP contribution in [0.1, 0.15) is 25.7 Å². The van der Waals surface area contributed by atoms with Crippen LogP contribution in [0.2, 0.25) is 0 Å². The molecule has 3 nitrogen and oxygen atoms in total. The molecule has 0 aromatic heterocycles. The Hall–Kier alpha value is -1.10. The number of amides is 1. The van der Waals surface area contributed by atoms with Gasteiger partial charge in [-0.1, -0.05) is 6.42 Å². The molecule has 0 radical (unpaired) electrons. The van der Waals surface area contributed by atoms with Gasteiger partial charge in [0.25, 0.3) is 0 Å². The van der Waals surface area contributed by atoms with E-state index in [1.165, 1.54) is 6.07 Å². The number of carbonyl (C=O) groups excluding carboxylic acids is 1. The smallest absolute Gasteiger partial charge is 0.217 e. The maximum Gasteiger partial charge on any atom is 0.217 e. The minimum atomic E-state index is -0.267. The predicted octanol–water partition coefficient (Wildman–Crippen LogP) is 3.05. The first kappa shape index (κ1) is 14.0. The van der Waals surface area contributed by atoms with Crippen LogP contribution < -0.4 is 11.1 Å². The van der Waals surface area contributed by atoms with E-state index in [9.17, 15) is 9.18 Å². The Morgan fingerprint density at radius 3 is 2.76 bits per heavy atom. The van der Waals surface area contributed by atoms with Gasteiger partial charge < -0.3 is 11.1 Å². The molecule has 0 saturated heterocycles. The highest BCUT2D eigenvalue weighted by molar-refractivity contribution is 9.10. The zero-order valence-electron chi connectivity index (χ0n) is 9.51. The van der Waals surface area contributed by atoms with E-state index in [-0.39, 0.29) is 11.7 Å². The Morgan fingerprint density at radius 1 is 1.35 bits per heavy atom. The SMILES string of the molecule is NC(=O)CCCCCNc1ccc(F)c(Br)c1. The Balaban J connectivity index is 2.18. The number of halogens is 2. The topological polar surface area (TPSA) is 55.1 Å². The van der Waals surface area contributed by atoms with E-state index in [0.717, 1.165) is 31.5 Å². The lowest BCUT2D eigenvalue weighted by molar-refractivity contribution is -0.118. The van der Waals surface area contributed by atoms with Crippen LogP contribution in [0.25, 0.3) is 0 Å². The number of hydrogen-bond donors (Lipinski definition) is 2. The van der Waals surface area contributed by atoms with E-state index in [0.29, 0.717) is 10.9 Å². The third-order valence-corrected chi connectivity index (χ3v) is 2.96. The van der Waals surface area contributed by atoms with E-state index in [4.69, 9.17) is 5.73 Å². The predicted molar refractivity (Wildman–Crippen MR) is 70.3 cm³/mol. The largest absolute Gasteiger partial charge is 0.385 e. The van der Waals surface area contributed by atoms with E-state index < -0.39 is 0 Å². The van der Waals surface area contributed by atoms with Crippen LogP contribution in [0.5, 0.6) is 0 Å². The zero-order valence-corrected chi connectivity index (χ0v) is 11.1. The van der Waals surface area contributed by atoms with Crippen molar-refractivity contribution in [1.29, 1.82) is 0 Å². The number of hydrogen-bond acceptors (Lipinski definition) is 2. The van der Waals surface area contributed by atoms with Crippen LogP contribution in [-0.2, 0) is 4.79 Å². The molecule has 0 heterocycles. The fourth-order valence-electron chi connectivity index (χ4n) is 1.44. The molecule has 0 saturated carbocycles. The lowest BCUT2D eigenvalue weighted by Gasteiger charge is -2.06. The standard InChI is InChI=1S/C12H16BrFN2O/c13-10-8-9(5-6-11(10)14)16-7-3-1-2-4-12(15)17/h5-6,8,16H,1-4,7H2,(H2,15,17). The fourth-order valence-corrected chi connectivity index (χ4v) is 1.82. The van der Waals surface area contributed by atoms with E-state index in [2.05, 4.69) is 21.2 Å². The van der Waals surface area contributed by atoms with Crippen LogP contribution in [-0.4, -0.2) is 12.5 Å². The van der Waals surface area contributed by atoms with E-state index in [1.54, 1.807) is 12.1 Å². The molecule has 1 amide bonds.